The molecule has 0 spiro atoms. The number of hydrogen-bond donors (Lipinski definition) is 5. The molecule has 1 amide bonds. The fraction of sp³-hybridized carbons (Fsp3) is 0.273. The highest BCUT2D eigenvalue weighted by atomic mass is 35.5. The van der Waals surface area contributed by atoms with E-state index in [4.69, 9.17) is 67.9 Å². The second-order valence-electron chi connectivity index (χ2n) is 15.2. The number of hydrogen-bond acceptors (Lipinski definition) is 13. The third-order valence-corrected chi connectivity index (χ3v) is 14.3. The van der Waals surface area contributed by atoms with Crippen molar-refractivity contribution in [2.75, 3.05) is 31.7 Å². The Labute approximate surface area is 429 Å². The number of imidazole rings is 2. The number of carbonyl (C=O) groups is 1. The van der Waals surface area contributed by atoms with Crippen molar-refractivity contribution in [2.24, 2.45) is 5.14 Å². The maximum atomic E-state index is 12.3. The molecule has 0 bridgehead atoms. The van der Waals surface area contributed by atoms with Gasteiger partial charge in [0.25, 0.3) is 0 Å². The number of aromatic nitrogens is 8. The standard InChI is InChI=1S/C22H23ClN6O.C15H16Cl3N3O2.C7H8ClN3O4S2/c1-2-3-8-20-24-21(23)19(14-30)29(20)13-15-9-11-16(12-10-15)17-6-4-5-7-18(17)22-25-27-28-26-22;1-2-4-20(15(22)21-5-3-19-10-21)6-7-23-14-12(17)8-11(16)9-13(14)18;8-4-1-5-7(2-6(4)16(9,12)13)17(14,15)11-3-10-5/h4-7,9-12,30H,2-3,8,13-14H2,1H3,(H,25,26,27,28);3,5,8-10H,2,4,6-7H2,1H3;1-2,10-11H,3H2,(H2,9,12,13). The molecule has 1 aliphatic rings. The van der Waals surface area contributed by atoms with Crippen LogP contribution in [0.2, 0.25) is 25.2 Å². The third kappa shape index (κ3) is 13.7. The van der Waals surface area contributed by atoms with Crippen LogP contribution in [0.3, 0.4) is 0 Å². The fourth-order valence-corrected chi connectivity index (χ4v) is 10.5. The highest BCUT2D eigenvalue weighted by Crippen LogP contribution is 2.36. The summed E-state index contributed by atoms with van der Waals surface area (Å²) in [5.74, 6) is 1.84. The number of sulfonamides is 2. The summed E-state index contributed by atoms with van der Waals surface area (Å²) >= 11 is 30.0. The van der Waals surface area contributed by atoms with Gasteiger partial charge in [-0.05, 0) is 59.0 Å². The molecular weight excluding hydrogens is 1050 g/mol. The van der Waals surface area contributed by atoms with E-state index >= 15 is 0 Å². The van der Waals surface area contributed by atoms with Crippen molar-refractivity contribution in [1.82, 2.24) is 49.3 Å². The molecule has 372 valence electrons. The number of tetrazole rings is 1. The van der Waals surface area contributed by atoms with Crippen LogP contribution >= 0.6 is 58.0 Å². The van der Waals surface area contributed by atoms with Gasteiger partial charge < -0.3 is 24.6 Å². The summed E-state index contributed by atoms with van der Waals surface area (Å²) in [6.07, 6.45) is 8.43. The van der Waals surface area contributed by atoms with Crippen LogP contribution in [0.1, 0.15) is 50.2 Å². The molecule has 8 rings (SSSR count). The van der Waals surface area contributed by atoms with E-state index < -0.39 is 24.9 Å². The Morgan fingerprint density at radius 1 is 0.943 bits per heavy atom. The van der Waals surface area contributed by atoms with E-state index in [1.54, 1.807) is 29.4 Å². The maximum absolute atomic E-state index is 12.3. The zero-order chi connectivity index (χ0) is 50.6. The highest BCUT2D eigenvalue weighted by Gasteiger charge is 2.27. The number of amides is 1. The fourth-order valence-electron chi connectivity index (χ4n) is 7.00. The number of fused-ring (bicyclic) bond motifs is 1. The quantitative estimate of drug-likeness (QED) is 0.0646. The Morgan fingerprint density at radius 2 is 1.66 bits per heavy atom. The molecule has 6 N–H and O–H groups in total. The predicted octanol–water partition coefficient (Wildman–Crippen LogP) is 8.52. The van der Waals surface area contributed by atoms with Crippen LogP contribution in [0.15, 0.2) is 101 Å². The highest BCUT2D eigenvalue weighted by molar-refractivity contribution is 7.90. The van der Waals surface area contributed by atoms with Crippen molar-refractivity contribution >= 4 is 89.8 Å². The van der Waals surface area contributed by atoms with Gasteiger partial charge in [-0.2, -0.15) is 9.94 Å². The van der Waals surface area contributed by atoms with Gasteiger partial charge >= 0.3 is 6.03 Å². The number of aromatic amines is 1. The lowest BCUT2D eigenvalue weighted by Gasteiger charge is -2.22. The molecule has 0 saturated carbocycles. The lowest BCUT2D eigenvalue weighted by molar-refractivity contribution is 0.184. The van der Waals surface area contributed by atoms with Gasteiger partial charge in [-0.3, -0.25) is 4.57 Å². The first kappa shape index (κ1) is 54.0. The summed E-state index contributed by atoms with van der Waals surface area (Å²) < 4.78 is 57.0. The van der Waals surface area contributed by atoms with Crippen molar-refractivity contribution < 1.29 is 31.5 Å². The number of carbonyl (C=O) groups excluding carboxylic acids is 1. The van der Waals surface area contributed by atoms with E-state index in [0.717, 1.165) is 59.8 Å². The summed E-state index contributed by atoms with van der Waals surface area (Å²) in [5, 5.41) is 33.2. The van der Waals surface area contributed by atoms with E-state index in [1.807, 2.05) is 35.8 Å². The number of H-pyrrole nitrogens is 1. The number of halogens is 5. The molecule has 0 unspecified atom stereocenters. The number of aliphatic hydroxyl groups is 1. The average Bonchev–Trinajstić information content (AvgIpc) is 4.12. The molecule has 19 nitrogen and oxygen atoms in total. The average molecular weight is 1100 g/mol. The van der Waals surface area contributed by atoms with Crippen molar-refractivity contribution in [2.45, 2.75) is 62.5 Å². The van der Waals surface area contributed by atoms with Gasteiger partial charge in [0.05, 0.1) is 46.3 Å². The Balaban J connectivity index is 0.000000179. The molecule has 0 fully saturated rings. The first-order valence-electron chi connectivity index (χ1n) is 21.4. The van der Waals surface area contributed by atoms with E-state index in [1.165, 1.54) is 17.0 Å². The van der Waals surface area contributed by atoms with Crippen molar-refractivity contribution in [3.63, 3.8) is 0 Å². The van der Waals surface area contributed by atoms with E-state index in [-0.39, 0.29) is 41.5 Å². The molecule has 26 heteroatoms. The first-order chi connectivity index (χ1) is 33.4. The minimum atomic E-state index is -4.07. The number of rotatable bonds is 15. The van der Waals surface area contributed by atoms with Gasteiger partial charge in [0.15, 0.2) is 10.9 Å². The number of anilines is 1. The van der Waals surface area contributed by atoms with Crippen molar-refractivity contribution in [3.8, 4) is 28.3 Å². The van der Waals surface area contributed by atoms with Crippen LogP contribution in [0.4, 0.5) is 10.5 Å². The van der Waals surface area contributed by atoms with Crippen LogP contribution in [-0.4, -0.2) is 99.0 Å². The number of ether oxygens (including phenoxy) is 1. The summed E-state index contributed by atoms with van der Waals surface area (Å²) in [7, 11) is -7.80. The van der Waals surface area contributed by atoms with Crippen LogP contribution in [0, 0.1) is 0 Å². The molecule has 0 aliphatic carbocycles. The van der Waals surface area contributed by atoms with Crippen LogP contribution in [-0.2, 0) is 39.6 Å². The molecule has 0 radical (unpaired) electrons. The summed E-state index contributed by atoms with van der Waals surface area (Å²) in [5.41, 5.74) is 5.03. The molecule has 3 aromatic heterocycles. The van der Waals surface area contributed by atoms with Gasteiger partial charge in [-0.25, -0.2) is 36.7 Å². The minimum Gasteiger partial charge on any atom is -0.489 e. The lowest BCUT2D eigenvalue weighted by Crippen LogP contribution is -2.37. The number of nitrogens with one attached hydrogen (secondary N) is 3. The number of nitrogens with zero attached hydrogens (tertiary/aromatic N) is 8. The molecular formula is C44H47Cl5N12O7S2. The Morgan fingerprint density at radius 3 is 2.27 bits per heavy atom. The smallest absolute Gasteiger partial charge is 0.329 e. The van der Waals surface area contributed by atoms with E-state index in [2.05, 4.69) is 71.8 Å². The monoisotopic (exact) mass is 1090 g/mol. The molecule has 7 aromatic rings. The van der Waals surface area contributed by atoms with Gasteiger partial charge in [-0.15, -0.1) is 10.2 Å². The number of nitrogens with two attached hydrogens (primary N) is 1. The summed E-state index contributed by atoms with van der Waals surface area (Å²) in [6.45, 7) is 5.93. The molecule has 70 heavy (non-hydrogen) atoms. The molecule has 4 heterocycles. The summed E-state index contributed by atoms with van der Waals surface area (Å²) in [6, 6.07) is 21.4. The number of aryl methyl sites for hydroxylation is 1. The number of benzene rings is 4. The van der Waals surface area contributed by atoms with Crippen LogP contribution < -0.4 is 19.9 Å². The molecule has 0 saturated heterocycles. The summed E-state index contributed by atoms with van der Waals surface area (Å²) in [4.78, 5) is 21.7. The van der Waals surface area contributed by atoms with Crippen molar-refractivity contribution in [3.05, 3.63) is 134 Å². The van der Waals surface area contributed by atoms with E-state index in [0.29, 0.717) is 57.1 Å². The van der Waals surface area contributed by atoms with Crippen LogP contribution in [0.5, 0.6) is 5.75 Å². The number of unbranched alkanes of at least 4 members (excludes halogenated alkanes) is 1. The minimum absolute atomic E-state index is 0.0143. The maximum Gasteiger partial charge on any atom is 0.329 e. The normalized spacial score (nSPS) is 12.7. The molecule has 4 aromatic carbocycles. The second kappa shape index (κ2) is 24.7. The Hall–Kier alpha value is -5.33. The largest absolute Gasteiger partial charge is 0.489 e. The van der Waals surface area contributed by atoms with Gasteiger partial charge in [-0.1, -0.05) is 127 Å². The zero-order valence-electron chi connectivity index (χ0n) is 37.5. The lowest BCUT2D eigenvalue weighted by atomic mass is 9.98. The van der Waals surface area contributed by atoms with Gasteiger partial charge in [0.2, 0.25) is 25.9 Å². The van der Waals surface area contributed by atoms with E-state index in [9.17, 15) is 26.7 Å². The Bertz CT molecular complexity index is 3090. The first-order valence-corrected chi connectivity index (χ1v) is 26.3. The third-order valence-electron chi connectivity index (χ3n) is 10.4. The number of aliphatic hydroxyl groups excluding tert-OH is 1. The van der Waals surface area contributed by atoms with Crippen LogP contribution in [0.25, 0.3) is 22.5 Å². The number of primary sulfonamides is 1. The van der Waals surface area contributed by atoms with Gasteiger partial charge in [0.1, 0.15) is 28.5 Å². The van der Waals surface area contributed by atoms with Gasteiger partial charge in [0, 0.05) is 42.5 Å². The van der Waals surface area contributed by atoms with Crippen molar-refractivity contribution in [1.29, 1.82) is 0 Å². The topological polar surface area (TPSA) is 258 Å². The molecule has 0 atom stereocenters. The Kier molecular flexibility index (Phi) is 19.0. The SMILES string of the molecule is CCCCc1nc(Cl)c(CO)n1Cc1ccc(-c2ccccc2-c2nn[nH]n2)cc1.CCCN(CCOc1c(Cl)cc(Cl)cc1Cl)C(=O)n1ccnc1.NS(=O)(=O)c1cc2c(cc1Cl)NCNS2(=O)=O. The predicted molar refractivity (Wildman–Crippen MR) is 269 cm³/mol. The second-order valence-corrected chi connectivity index (χ2v) is 20.5. The molecule has 1 aliphatic heterocycles. The zero-order valence-corrected chi connectivity index (χ0v) is 42.9.